The molecule has 5 unspecified atom stereocenters. The fourth-order valence-corrected chi connectivity index (χ4v) is 4.26. The van der Waals surface area contributed by atoms with Crippen LogP contribution in [0.25, 0.3) is 0 Å². The van der Waals surface area contributed by atoms with Crippen molar-refractivity contribution in [1.82, 2.24) is 10.6 Å². The van der Waals surface area contributed by atoms with Crippen LogP contribution in [0.5, 0.6) is 0 Å². The standard InChI is InChI=1S/C16H18N2O3/c1-9-12-11(21-8-10-5-3-2-4-6-10)7-16(13(9)12)14(19)17-15(20)18-16/h2-6,9,11-13H,7-8H2,1H3,(H2,17,18,19,20). The van der Waals surface area contributed by atoms with Crippen molar-refractivity contribution in [1.29, 1.82) is 0 Å². The van der Waals surface area contributed by atoms with E-state index < -0.39 is 5.54 Å². The number of rotatable bonds is 3. The lowest BCUT2D eigenvalue weighted by Gasteiger charge is -2.25. The molecule has 1 heterocycles. The lowest BCUT2D eigenvalue weighted by atomic mass is 9.90. The van der Waals surface area contributed by atoms with Crippen molar-refractivity contribution < 1.29 is 14.3 Å². The molecule has 4 rings (SSSR count). The molecule has 2 saturated carbocycles. The Bertz CT molecular complexity index is 603. The summed E-state index contributed by atoms with van der Waals surface area (Å²) in [7, 11) is 0. The minimum atomic E-state index is -0.734. The van der Waals surface area contributed by atoms with E-state index >= 15 is 0 Å². The summed E-state index contributed by atoms with van der Waals surface area (Å²) in [4.78, 5) is 23.6. The summed E-state index contributed by atoms with van der Waals surface area (Å²) in [6.45, 7) is 2.68. The third kappa shape index (κ3) is 1.80. The quantitative estimate of drug-likeness (QED) is 0.826. The highest BCUT2D eigenvalue weighted by molar-refractivity contribution is 6.07. The fraction of sp³-hybridized carbons (Fsp3) is 0.500. The number of ether oxygens (including phenoxy) is 1. The van der Waals surface area contributed by atoms with Crippen LogP contribution in [0, 0.1) is 17.8 Å². The molecule has 21 heavy (non-hydrogen) atoms. The van der Waals surface area contributed by atoms with Crippen molar-refractivity contribution in [2.24, 2.45) is 17.8 Å². The zero-order valence-electron chi connectivity index (χ0n) is 11.8. The molecule has 5 heteroatoms. The second kappa shape index (κ2) is 4.31. The topological polar surface area (TPSA) is 67.4 Å². The third-order valence-electron chi connectivity index (χ3n) is 5.24. The predicted octanol–water partition coefficient (Wildman–Crippen LogP) is 1.44. The van der Waals surface area contributed by atoms with E-state index in [0.29, 0.717) is 24.9 Å². The molecule has 3 amide bonds. The van der Waals surface area contributed by atoms with Crippen LogP contribution < -0.4 is 10.6 Å². The van der Waals surface area contributed by atoms with Gasteiger partial charge in [0.15, 0.2) is 0 Å². The number of hydrogen-bond acceptors (Lipinski definition) is 3. The van der Waals surface area contributed by atoms with Gasteiger partial charge in [0.1, 0.15) is 5.54 Å². The normalized spacial score (nSPS) is 40.0. The zero-order valence-corrected chi connectivity index (χ0v) is 11.8. The summed E-state index contributed by atoms with van der Waals surface area (Å²) in [6.07, 6.45) is 0.617. The van der Waals surface area contributed by atoms with E-state index in [1.807, 2.05) is 30.3 Å². The molecule has 3 aliphatic rings. The molecular formula is C16H18N2O3. The van der Waals surface area contributed by atoms with E-state index in [0.717, 1.165) is 5.56 Å². The van der Waals surface area contributed by atoms with Gasteiger partial charge >= 0.3 is 6.03 Å². The number of benzene rings is 1. The van der Waals surface area contributed by atoms with Crippen molar-refractivity contribution in [3.8, 4) is 0 Å². The van der Waals surface area contributed by atoms with Crippen molar-refractivity contribution in [2.45, 2.75) is 31.6 Å². The molecule has 0 aromatic heterocycles. The highest BCUT2D eigenvalue weighted by Crippen LogP contribution is 2.63. The lowest BCUT2D eigenvalue weighted by Crippen LogP contribution is -2.49. The number of hydrogen-bond donors (Lipinski definition) is 2. The summed E-state index contributed by atoms with van der Waals surface area (Å²) >= 11 is 0. The van der Waals surface area contributed by atoms with E-state index in [9.17, 15) is 9.59 Å². The smallest absolute Gasteiger partial charge is 0.322 e. The Morgan fingerprint density at radius 3 is 2.71 bits per heavy atom. The van der Waals surface area contributed by atoms with Crippen LogP contribution in [0.2, 0.25) is 0 Å². The van der Waals surface area contributed by atoms with Crippen LogP contribution in [0.1, 0.15) is 18.9 Å². The molecule has 1 aromatic rings. The third-order valence-corrected chi connectivity index (χ3v) is 5.24. The fourth-order valence-electron chi connectivity index (χ4n) is 4.26. The number of carbonyl (C=O) groups excluding carboxylic acids is 2. The first-order chi connectivity index (χ1) is 10.1. The van der Waals surface area contributed by atoms with Crippen LogP contribution in [-0.4, -0.2) is 23.6 Å². The van der Waals surface area contributed by atoms with Crippen molar-refractivity contribution >= 4 is 11.9 Å². The minimum absolute atomic E-state index is 0.0364. The van der Waals surface area contributed by atoms with Gasteiger partial charge in [0.2, 0.25) is 0 Å². The molecule has 5 nitrogen and oxygen atoms in total. The van der Waals surface area contributed by atoms with Crippen molar-refractivity contribution in [3.05, 3.63) is 35.9 Å². The molecule has 5 atom stereocenters. The van der Waals surface area contributed by atoms with Gasteiger partial charge in [0.05, 0.1) is 12.7 Å². The maximum atomic E-state index is 12.2. The minimum Gasteiger partial charge on any atom is -0.373 e. The van der Waals surface area contributed by atoms with Crippen LogP contribution in [0.3, 0.4) is 0 Å². The van der Waals surface area contributed by atoms with Crippen LogP contribution in [0.15, 0.2) is 30.3 Å². The van der Waals surface area contributed by atoms with Crippen molar-refractivity contribution in [2.75, 3.05) is 0 Å². The summed E-state index contributed by atoms with van der Waals surface area (Å²) < 4.78 is 6.05. The molecule has 0 radical (unpaired) electrons. The van der Waals surface area contributed by atoms with E-state index in [1.54, 1.807) is 0 Å². The highest BCUT2D eigenvalue weighted by Gasteiger charge is 2.73. The summed E-state index contributed by atoms with van der Waals surface area (Å²) in [5.41, 5.74) is 0.394. The SMILES string of the molecule is CC1C2C(OCc3ccccc3)CC3(NC(=O)NC3=O)C12. The molecule has 110 valence electrons. The van der Waals surface area contributed by atoms with Crippen LogP contribution in [0.4, 0.5) is 4.79 Å². The highest BCUT2D eigenvalue weighted by atomic mass is 16.5. The van der Waals surface area contributed by atoms with Crippen LogP contribution in [-0.2, 0) is 16.1 Å². The first-order valence-corrected chi connectivity index (χ1v) is 7.41. The first-order valence-electron chi connectivity index (χ1n) is 7.41. The summed E-state index contributed by atoms with van der Waals surface area (Å²) in [5.74, 6) is 0.823. The number of carbonyl (C=O) groups is 2. The monoisotopic (exact) mass is 286 g/mol. The maximum absolute atomic E-state index is 12.2. The van der Waals surface area contributed by atoms with Gasteiger partial charge in [-0.15, -0.1) is 0 Å². The number of amides is 3. The number of nitrogens with one attached hydrogen (secondary N) is 2. The largest absolute Gasteiger partial charge is 0.373 e. The van der Waals surface area contributed by atoms with Gasteiger partial charge in [-0.05, 0) is 23.3 Å². The maximum Gasteiger partial charge on any atom is 0.322 e. The number of imide groups is 1. The molecule has 3 fully saturated rings. The Labute approximate surface area is 123 Å². The number of urea groups is 1. The van der Waals surface area contributed by atoms with Crippen molar-refractivity contribution in [3.63, 3.8) is 0 Å². The molecule has 1 spiro atoms. The summed E-state index contributed by atoms with van der Waals surface area (Å²) in [6, 6.07) is 9.64. The first kappa shape index (κ1) is 12.8. The average molecular weight is 286 g/mol. The summed E-state index contributed by atoms with van der Waals surface area (Å²) in [5, 5.41) is 5.23. The van der Waals surface area contributed by atoms with Gasteiger partial charge in [0.25, 0.3) is 5.91 Å². The van der Waals surface area contributed by atoms with Gasteiger partial charge in [-0.1, -0.05) is 37.3 Å². The molecule has 2 aliphatic carbocycles. The Balaban J connectivity index is 1.49. The second-order valence-electron chi connectivity index (χ2n) is 6.38. The molecule has 1 saturated heterocycles. The van der Waals surface area contributed by atoms with E-state index in [4.69, 9.17) is 4.74 Å². The zero-order chi connectivity index (χ0) is 14.6. The lowest BCUT2D eigenvalue weighted by molar-refractivity contribution is -0.125. The Morgan fingerprint density at radius 1 is 1.29 bits per heavy atom. The van der Waals surface area contributed by atoms with Gasteiger partial charge in [0, 0.05) is 6.42 Å². The Hall–Kier alpha value is -1.88. The van der Waals surface area contributed by atoms with Gasteiger partial charge in [-0.25, -0.2) is 4.79 Å². The molecular weight excluding hydrogens is 268 g/mol. The van der Waals surface area contributed by atoms with E-state index in [2.05, 4.69) is 17.6 Å². The van der Waals surface area contributed by atoms with E-state index in [-0.39, 0.29) is 24.0 Å². The van der Waals surface area contributed by atoms with Gasteiger partial charge in [-0.2, -0.15) is 0 Å². The van der Waals surface area contributed by atoms with Gasteiger partial charge in [-0.3, -0.25) is 10.1 Å². The van der Waals surface area contributed by atoms with Gasteiger partial charge < -0.3 is 10.1 Å². The second-order valence-corrected chi connectivity index (χ2v) is 6.38. The molecule has 1 aromatic carbocycles. The average Bonchev–Trinajstić information content (AvgIpc) is 2.90. The molecule has 0 bridgehead atoms. The predicted molar refractivity (Wildman–Crippen MR) is 75.2 cm³/mol. The van der Waals surface area contributed by atoms with Crippen LogP contribution >= 0.6 is 0 Å². The Kier molecular flexibility index (Phi) is 2.63. The van der Waals surface area contributed by atoms with E-state index in [1.165, 1.54) is 0 Å². The number of fused-ring (bicyclic) bond motifs is 2. The molecule has 1 aliphatic heterocycles. The molecule has 2 N–H and O–H groups in total. The Morgan fingerprint density at radius 2 is 2.05 bits per heavy atom.